The average Bonchev–Trinajstić information content (AvgIpc) is 2.22. The summed E-state index contributed by atoms with van der Waals surface area (Å²) in [5.41, 5.74) is 9.62. The van der Waals surface area contributed by atoms with E-state index in [1.54, 1.807) is 0 Å². The van der Waals surface area contributed by atoms with Crippen LogP contribution in [0.15, 0.2) is 18.2 Å². The first-order valence-corrected chi connectivity index (χ1v) is 6.02. The highest BCUT2D eigenvalue weighted by Crippen LogP contribution is 2.14. The molecular formula is C14H21NO2. The average molecular weight is 235 g/mol. The molecule has 0 saturated heterocycles. The summed E-state index contributed by atoms with van der Waals surface area (Å²) in [6.07, 6.45) is 2.74. The summed E-state index contributed by atoms with van der Waals surface area (Å²) in [5.74, 6) is -0.816. The molecule has 3 N–H and O–H groups in total. The predicted octanol–water partition coefficient (Wildman–Crippen LogP) is 2.43. The zero-order valence-corrected chi connectivity index (χ0v) is 10.6. The highest BCUT2D eigenvalue weighted by molar-refractivity contribution is 5.67. The van der Waals surface area contributed by atoms with Gasteiger partial charge in [-0.15, -0.1) is 0 Å². The Balaban J connectivity index is 2.40. The van der Waals surface area contributed by atoms with Crippen molar-refractivity contribution in [1.29, 1.82) is 0 Å². The molecule has 0 amide bonds. The van der Waals surface area contributed by atoms with Gasteiger partial charge in [0.15, 0.2) is 0 Å². The summed E-state index contributed by atoms with van der Waals surface area (Å²) in [6.45, 7) is 4.19. The van der Waals surface area contributed by atoms with E-state index in [9.17, 15) is 4.79 Å². The van der Waals surface area contributed by atoms with Gasteiger partial charge in [0.05, 0.1) is 6.42 Å². The SMILES string of the molecule is Cc1ccc(C)c(CCCC(N)CC(=O)O)c1. The molecule has 0 spiro atoms. The van der Waals surface area contributed by atoms with Gasteiger partial charge in [0, 0.05) is 6.04 Å². The molecule has 0 aliphatic heterocycles. The van der Waals surface area contributed by atoms with Gasteiger partial charge in [-0.1, -0.05) is 23.8 Å². The molecule has 3 heteroatoms. The fourth-order valence-electron chi connectivity index (χ4n) is 1.95. The van der Waals surface area contributed by atoms with Gasteiger partial charge in [0.1, 0.15) is 0 Å². The lowest BCUT2D eigenvalue weighted by Gasteiger charge is -2.10. The van der Waals surface area contributed by atoms with E-state index in [0.29, 0.717) is 0 Å². The quantitative estimate of drug-likeness (QED) is 0.796. The van der Waals surface area contributed by atoms with Crippen molar-refractivity contribution in [2.45, 2.75) is 45.6 Å². The summed E-state index contributed by atoms with van der Waals surface area (Å²) in [7, 11) is 0. The minimum atomic E-state index is -0.816. The topological polar surface area (TPSA) is 63.3 Å². The third-order valence-corrected chi connectivity index (χ3v) is 2.96. The Morgan fingerprint density at radius 2 is 2.12 bits per heavy atom. The minimum Gasteiger partial charge on any atom is -0.481 e. The third kappa shape index (κ3) is 5.00. The smallest absolute Gasteiger partial charge is 0.304 e. The van der Waals surface area contributed by atoms with Crippen LogP contribution in [0.4, 0.5) is 0 Å². The molecule has 94 valence electrons. The molecule has 0 aliphatic rings. The van der Waals surface area contributed by atoms with Gasteiger partial charge in [0.2, 0.25) is 0 Å². The third-order valence-electron chi connectivity index (χ3n) is 2.96. The van der Waals surface area contributed by atoms with Gasteiger partial charge >= 0.3 is 5.97 Å². The van der Waals surface area contributed by atoms with Crippen molar-refractivity contribution in [3.63, 3.8) is 0 Å². The Morgan fingerprint density at radius 3 is 2.76 bits per heavy atom. The number of hydrogen-bond donors (Lipinski definition) is 2. The molecule has 0 radical (unpaired) electrons. The van der Waals surface area contributed by atoms with Gasteiger partial charge in [0.25, 0.3) is 0 Å². The van der Waals surface area contributed by atoms with Crippen LogP contribution in [-0.2, 0) is 11.2 Å². The normalized spacial score (nSPS) is 12.4. The molecule has 0 bridgehead atoms. The first-order valence-electron chi connectivity index (χ1n) is 6.02. The van der Waals surface area contributed by atoms with E-state index in [2.05, 4.69) is 32.0 Å². The van der Waals surface area contributed by atoms with Gasteiger partial charge in [-0.2, -0.15) is 0 Å². The second-order valence-electron chi connectivity index (χ2n) is 4.68. The minimum absolute atomic E-state index is 0.0623. The number of hydrogen-bond acceptors (Lipinski definition) is 2. The second-order valence-corrected chi connectivity index (χ2v) is 4.68. The van der Waals surface area contributed by atoms with Crippen LogP contribution in [0.5, 0.6) is 0 Å². The first kappa shape index (κ1) is 13.7. The predicted molar refractivity (Wildman–Crippen MR) is 69.1 cm³/mol. The largest absolute Gasteiger partial charge is 0.481 e. The van der Waals surface area contributed by atoms with Gasteiger partial charge in [-0.25, -0.2) is 0 Å². The van der Waals surface area contributed by atoms with E-state index in [0.717, 1.165) is 19.3 Å². The first-order chi connectivity index (χ1) is 7.99. The summed E-state index contributed by atoms with van der Waals surface area (Å²) < 4.78 is 0. The highest BCUT2D eigenvalue weighted by Gasteiger charge is 2.08. The van der Waals surface area contributed by atoms with Crippen molar-refractivity contribution in [2.75, 3.05) is 0 Å². The Hall–Kier alpha value is -1.35. The molecule has 1 aromatic rings. The van der Waals surface area contributed by atoms with Crippen LogP contribution in [0.2, 0.25) is 0 Å². The fourth-order valence-corrected chi connectivity index (χ4v) is 1.95. The van der Waals surface area contributed by atoms with Crippen LogP contribution < -0.4 is 5.73 Å². The number of carboxylic acid groups (broad SMARTS) is 1. The van der Waals surface area contributed by atoms with Crippen molar-refractivity contribution in [2.24, 2.45) is 5.73 Å². The zero-order chi connectivity index (χ0) is 12.8. The number of aliphatic carboxylic acids is 1. The number of carboxylic acids is 1. The van der Waals surface area contributed by atoms with E-state index >= 15 is 0 Å². The van der Waals surface area contributed by atoms with Crippen LogP contribution in [0.3, 0.4) is 0 Å². The van der Waals surface area contributed by atoms with E-state index in [4.69, 9.17) is 10.8 Å². The van der Waals surface area contributed by atoms with E-state index < -0.39 is 5.97 Å². The van der Waals surface area contributed by atoms with E-state index in [-0.39, 0.29) is 12.5 Å². The Kier molecular flexibility index (Phi) is 5.16. The molecule has 17 heavy (non-hydrogen) atoms. The molecule has 1 atom stereocenters. The Morgan fingerprint density at radius 1 is 1.41 bits per heavy atom. The molecule has 1 rings (SSSR count). The zero-order valence-electron chi connectivity index (χ0n) is 10.6. The van der Waals surface area contributed by atoms with Crippen LogP contribution >= 0.6 is 0 Å². The standard InChI is InChI=1S/C14H21NO2/c1-10-6-7-11(2)12(8-10)4-3-5-13(15)9-14(16)17/h6-8,13H,3-5,9,15H2,1-2H3,(H,16,17). The van der Waals surface area contributed by atoms with Crippen molar-refractivity contribution >= 4 is 5.97 Å². The van der Waals surface area contributed by atoms with Crippen LogP contribution in [0.1, 0.15) is 36.0 Å². The van der Waals surface area contributed by atoms with Gasteiger partial charge in [-0.3, -0.25) is 4.79 Å². The molecule has 0 aromatic heterocycles. The molecule has 0 aliphatic carbocycles. The van der Waals surface area contributed by atoms with Crippen molar-refractivity contribution in [1.82, 2.24) is 0 Å². The van der Waals surface area contributed by atoms with Gasteiger partial charge in [-0.05, 0) is 44.2 Å². The van der Waals surface area contributed by atoms with Crippen molar-refractivity contribution in [3.05, 3.63) is 34.9 Å². The van der Waals surface area contributed by atoms with Crippen molar-refractivity contribution < 1.29 is 9.90 Å². The molecule has 1 unspecified atom stereocenters. The summed E-state index contributed by atoms with van der Waals surface area (Å²) in [4.78, 5) is 10.5. The monoisotopic (exact) mass is 235 g/mol. The molecule has 0 saturated carbocycles. The lowest BCUT2D eigenvalue weighted by atomic mass is 9.98. The Labute approximate surface area is 103 Å². The number of nitrogens with two attached hydrogens (primary N) is 1. The maximum atomic E-state index is 10.5. The number of carbonyl (C=O) groups is 1. The van der Waals surface area contributed by atoms with E-state index in [1.165, 1.54) is 16.7 Å². The maximum Gasteiger partial charge on any atom is 0.304 e. The Bertz CT molecular complexity index is 388. The van der Waals surface area contributed by atoms with Crippen LogP contribution in [0, 0.1) is 13.8 Å². The lowest BCUT2D eigenvalue weighted by Crippen LogP contribution is -2.23. The maximum absolute atomic E-state index is 10.5. The number of aryl methyl sites for hydroxylation is 3. The molecule has 0 heterocycles. The van der Waals surface area contributed by atoms with Gasteiger partial charge < -0.3 is 10.8 Å². The lowest BCUT2D eigenvalue weighted by molar-refractivity contribution is -0.137. The van der Waals surface area contributed by atoms with E-state index in [1.807, 2.05) is 0 Å². The number of benzene rings is 1. The second kappa shape index (κ2) is 6.40. The fraction of sp³-hybridized carbons (Fsp3) is 0.500. The molecule has 1 aromatic carbocycles. The summed E-state index contributed by atoms with van der Waals surface area (Å²) >= 11 is 0. The van der Waals surface area contributed by atoms with Crippen LogP contribution in [0.25, 0.3) is 0 Å². The molecular weight excluding hydrogens is 214 g/mol. The summed E-state index contributed by atoms with van der Waals surface area (Å²) in [6, 6.07) is 6.20. The summed E-state index contributed by atoms with van der Waals surface area (Å²) in [5, 5.41) is 8.60. The van der Waals surface area contributed by atoms with Crippen molar-refractivity contribution in [3.8, 4) is 0 Å². The number of rotatable bonds is 6. The molecule has 0 fully saturated rings. The molecule has 3 nitrogen and oxygen atoms in total. The highest BCUT2D eigenvalue weighted by atomic mass is 16.4. The van der Waals surface area contributed by atoms with Crippen LogP contribution in [-0.4, -0.2) is 17.1 Å².